The summed E-state index contributed by atoms with van der Waals surface area (Å²) in [7, 11) is 0. The molecule has 22 heavy (non-hydrogen) atoms. The Hall–Kier alpha value is -1.99. The maximum absolute atomic E-state index is 13.6. The molecule has 0 amide bonds. The van der Waals surface area contributed by atoms with Crippen LogP contribution in [0.1, 0.15) is 18.2 Å². The van der Waals surface area contributed by atoms with Crippen LogP contribution >= 0.6 is 22.9 Å². The first-order chi connectivity index (χ1) is 10.6. The molecular formula is C14H13ClFN3O2S. The van der Waals surface area contributed by atoms with E-state index in [0.29, 0.717) is 17.4 Å². The summed E-state index contributed by atoms with van der Waals surface area (Å²) in [5.41, 5.74) is 3.54. The summed E-state index contributed by atoms with van der Waals surface area (Å²) in [6, 6.07) is 4.65. The lowest BCUT2D eigenvalue weighted by atomic mass is 10.2. The topological polar surface area (TPSA) is 63.6 Å². The lowest BCUT2D eigenvalue weighted by molar-refractivity contribution is -0.142. The van der Waals surface area contributed by atoms with E-state index < -0.39 is 5.82 Å². The second-order valence-electron chi connectivity index (χ2n) is 4.14. The summed E-state index contributed by atoms with van der Waals surface area (Å²) in [6.07, 6.45) is 1.42. The van der Waals surface area contributed by atoms with Crippen molar-refractivity contribution in [2.45, 2.75) is 13.3 Å². The fourth-order valence-corrected chi connectivity index (χ4v) is 2.42. The Bertz CT molecular complexity index is 690. The Kier molecular flexibility index (Phi) is 5.85. The van der Waals surface area contributed by atoms with Crippen molar-refractivity contribution in [1.29, 1.82) is 0 Å². The number of thiazole rings is 1. The van der Waals surface area contributed by atoms with Gasteiger partial charge in [0.25, 0.3) is 0 Å². The van der Waals surface area contributed by atoms with Crippen molar-refractivity contribution in [2.24, 2.45) is 5.10 Å². The van der Waals surface area contributed by atoms with E-state index >= 15 is 0 Å². The number of aromatic nitrogens is 1. The molecule has 1 N–H and O–H groups in total. The fourth-order valence-electron chi connectivity index (χ4n) is 1.58. The van der Waals surface area contributed by atoms with Crippen LogP contribution in [0.2, 0.25) is 5.02 Å². The van der Waals surface area contributed by atoms with Crippen molar-refractivity contribution >= 4 is 40.3 Å². The second kappa shape index (κ2) is 7.86. The molecular weight excluding hydrogens is 329 g/mol. The number of hydrazone groups is 1. The molecule has 0 aliphatic rings. The van der Waals surface area contributed by atoms with Crippen molar-refractivity contribution in [3.05, 3.63) is 45.7 Å². The lowest BCUT2D eigenvalue weighted by Crippen LogP contribution is -2.07. The first-order valence-electron chi connectivity index (χ1n) is 6.43. The van der Waals surface area contributed by atoms with Crippen molar-refractivity contribution in [3.8, 4) is 0 Å². The molecule has 1 aromatic heterocycles. The highest BCUT2D eigenvalue weighted by Gasteiger charge is 2.08. The van der Waals surface area contributed by atoms with Gasteiger partial charge in [0.2, 0.25) is 5.13 Å². The first kappa shape index (κ1) is 16.4. The van der Waals surface area contributed by atoms with Gasteiger partial charge in [0, 0.05) is 10.9 Å². The minimum absolute atomic E-state index is 0.0370. The highest BCUT2D eigenvalue weighted by molar-refractivity contribution is 7.13. The summed E-state index contributed by atoms with van der Waals surface area (Å²) in [6.45, 7) is 2.08. The number of ether oxygens (including phenoxy) is 1. The molecule has 2 rings (SSSR count). The summed E-state index contributed by atoms with van der Waals surface area (Å²) in [5, 5.41) is 6.17. The molecule has 0 atom stereocenters. The molecule has 2 aromatic rings. The summed E-state index contributed by atoms with van der Waals surface area (Å²) in [4.78, 5) is 15.5. The minimum Gasteiger partial charge on any atom is -0.466 e. The average Bonchev–Trinajstić information content (AvgIpc) is 2.91. The molecule has 0 unspecified atom stereocenters. The molecule has 1 heterocycles. The van der Waals surface area contributed by atoms with Crippen LogP contribution in [0, 0.1) is 5.82 Å². The molecule has 0 aliphatic carbocycles. The summed E-state index contributed by atoms with van der Waals surface area (Å²) < 4.78 is 18.5. The van der Waals surface area contributed by atoms with Crippen LogP contribution in [-0.2, 0) is 16.0 Å². The van der Waals surface area contributed by atoms with E-state index in [2.05, 4.69) is 15.5 Å². The van der Waals surface area contributed by atoms with Crippen LogP contribution < -0.4 is 5.43 Å². The molecule has 0 saturated carbocycles. The van der Waals surface area contributed by atoms with Crippen molar-refractivity contribution in [1.82, 2.24) is 4.98 Å². The van der Waals surface area contributed by atoms with Gasteiger partial charge in [-0.15, -0.1) is 11.3 Å². The monoisotopic (exact) mass is 341 g/mol. The van der Waals surface area contributed by atoms with Crippen LogP contribution in [0.3, 0.4) is 0 Å². The molecule has 0 fully saturated rings. The largest absolute Gasteiger partial charge is 0.466 e. The molecule has 0 saturated heterocycles. The van der Waals surface area contributed by atoms with Crippen LogP contribution in [-0.4, -0.2) is 23.8 Å². The zero-order valence-corrected chi connectivity index (χ0v) is 13.2. The van der Waals surface area contributed by atoms with Crippen LogP contribution in [0.15, 0.2) is 28.7 Å². The van der Waals surface area contributed by atoms with Gasteiger partial charge in [-0.05, 0) is 13.0 Å². The fraction of sp³-hybridized carbons (Fsp3) is 0.214. The minimum atomic E-state index is -0.531. The maximum atomic E-state index is 13.6. The highest BCUT2D eigenvalue weighted by Crippen LogP contribution is 2.18. The third-order valence-corrected chi connectivity index (χ3v) is 3.62. The molecule has 0 spiro atoms. The number of rotatable bonds is 6. The van der Waals surface area contributed by atoms with Gasteiger partial charge < -0.3 is 4.74 Å². The van der Waals surface area contributed by atoms with Gasteiger partial charge in [-0.1, -0.05) is 23.7 Å². The van der Waals surface area contributed by atoms with E-state index in [-0.39, 0.29) is 23.0 Å². The standard InChI is InChI=1S/C14H13ClFN3O2S/c1-2-21-12(20)6-10-8-22-14(18-10)19-17-7-9-4-3-5-11(15)13(9)16/h3-5,7-8H,2,6H2,1H3,(H,18,19). The average molecular weight is 342 g/mol. The SMILES string of the molecule is CCOC(=O)Cc1csc(NN=Cc2cccc(Cl)c2F)n1. The smallest absolute Gasteiger partial charge is 0.311 e. The number of hydrogen-bond donors (Lipinski definition) is 1. The zero-order valence-electron chi connectivity index (χ0n) is 11.7. The van der Waals surface area contributed by atoms with Gasteiger partial charge in [0.05, 0.1) is 30.0 Å². The van der Waals surface area contributed by atoms with E-state index in [0.717, 1.165) is 0 Å². The third-order valence-electron chi connectivity index (χ3n) is 2.53. The van der Waals surface area contributed by atoms with E-state index in [1.54, 1.807) is 24.4 Å². The predicted octanol–water partition coefficient (Wildman–Crippen LogP) is 3.49. The Labute approximate surface area is 135 Å². The van der Waals surface area contributed by atoms with Crippen LogP contribution in [0.4, 0.5) is 9.52 Å². The van der Waals surface area contributed by atoms with Crippen LogP contribution in [0.25, 0.3) is 0 Å². The molecule has 5 nitrogen and oxygen atoms in total. The van der Waals surface area contributed by atoms with Gasteiger partial charge >= 0.3 is 5.97 Å². The predicted molar refractivity (Wildman–Crippen MR) is 85.1 cm³/mol. The molecule has 0 aliphatic heterocycles. The zero-order chi connectivity index (χ0) is 15.9. The molecule has 1 aromatic carbocycles. The molecule has 8 heteroatoms. The number of hydrogen-bond acceptors (Lipinski definition) is 6. The van der Waals surface area contributed by atoms with Gasteiger partial charge in [0.15, 0.2) is 5.82 Å². The third kappa shape index (κ3) is 4.51. The number of halogens is 2. The molecule has 116 valence electrons. The van der Waals surface area contributed by atoms with E-state index in [1.807, 2.05) is 0 Å². The highest BCUT2D eigenvalue weighted by atomic mass is 35.5. The van der Waals surface area contributed by atoms with Gasteiger partial charge in [0.1, 0.15) is 0 Å². The Balaban J connectivity index is 1.94. The Morgan fingerprint density at radius 1 is 1.59 bits per heavy atom. The van der Waals surface area contributed by atoms with Gasteiger partial charge in [-0.2, -0.15) is 5.10 Å². The maximum Gasteiger partial charge on any atom is 0.311 e. The quantitative estimate of drug-likeness (QED) is 0.496. The van der Waals surface area contributed by atoms with E-state index in [9.17, 15) is 9.18 Å². The number of nitrogens with one attached hydrogen (secondary N) is 1. The number of carbonyl (C=O) groups is 1. The molecule has 0 bridgehead atoms. The van der Waals surface area contributed by atoms with Crippen molar-refractivity contribution in [3.63, 3.8) is 0 Å². The van der Waals surface area contributed by atoms with Gasteiger partial charge in [-0.25, -0.2) is 9.37 Å². The number of carbonyl (C=O) groups excluding carboxylic acids is 1. The number of nitrogens with zero attached hydrogens (tertiary/aromatic N) is 2. The number of anilines is 1. The van der Waals surface area contributed by atoms with Crippen molar-refractivity contribution in [2.75, 3.05) is 12.0 Å². The first-order valence-corrected chi connectivity index (χ1v) is 7.69. The number of benzene rings is 1. The Morgan fingerprint density at radius 2 is 2.41 bits per heavy atom. The Morgan fingerprint density at radius 3 is 3.18 bits per heavy atom. The van der Waals surface area contributed by atoms with Crippen molar-refractivity contribution < 1.29 is 13.9 Å². The molecule has 0 radical (unpaired) electrons. The van der Waals surface area contributed by atoms with E-state index in [1.165, 1.54) is 23.6 Å². The van der Waals surface area contributed by atoms with Gasteiger partial charge in [-0.3, -0.25) is 10.2 Å². The van der Waals surface area contributed by atoms with E-state index in [4.69, 9.17) is 16.3 Å². The summed E-state index contributed by atoms with van der Waals surface area (Å²) >= 11 is 6.96. The lowest BCUT2D eigenvalue weighted by Gasteiger charge is -1.99. The second-order valence-corrected chi connectivity index (χ2v) is 5.40. The number of esters is 1. The normalized spacial score (nSPS) is 10.9. The summed E-state index contributed by atoms with van der Waals surface area (Å²) in [5.74, 6) is -0.860. The van der Waals surface area contributed by atoms with Crippen LogP contribution in [0.5, 0.6) is 0 Å².